The average molecular weight is 331 g/mol. The number of hydrogen-bond donors (Lipinski definition) is 1. The van der Waals surface area contributed by atoms with Crippen LogP contribution >= 0.6 is 11.3 Å². The van der Waals surface area contributed by atoms with Crippen LogP contribution in [0.15, 0.2) is 29.4 Å². The van der Waals surface area contributed by atoms with E-state index in [1.165, 1.54) is 18.3 Å². The number of ether oxygens (including phenoxy) is 1. The van der Waals surface area contributed by atoms with Gasteiger partial charge in [0.2, 0.25) is 5.13 Å². The lowest BCUT2D eigenvalue weighted by atomic mass is 10.2. The number of carbonyl (C=O) groups excluding carboxylic acids is 1. The van der Waals surface area contributed by atoms with Gasteiger partial charge in [-0.1, -0.05) is 11.3 Å². The van der Waals surface area contributed by atoms with E-state index in [1.54, 1.807) is 6.21 Å². The molecule has 0 bridgehead atoms. The van der Waals surface area contributed by atoms with Gasteiger partial charge in [0.1, 0.15) is 11.4 Å². The van der Waals surface area contributed by atoms with Crippen molar-refractivity contribution in [2.45, 2.75) is 40.2 Å². The number of carbonyl (C=O) groups is 1. The lowest BCUT2D eigenvalue weighted by molar-refractivity contribution is 0.102. The van der Waals surface area contributed by atoms with Crippen LogP contribution < -0.4 is 10.2 Å². The van der Waals surface area contributed by atoms with Crippen LogP contribution in [-0.4, -0.2) is 22.6 Å². The normalized spacial score (nSPS) is 11.7. The molecule has 23 heavy (non-hydrogen) atoms. The van der Waals surface area contributed by atoms with E-state index in [4.69, 9.17) is 4.74 Å². The van der Waals surface area contributed by atoms with Crippen molar-refractivity contribution in [1.29, 1.82) is 0 Å². The van der Waals surface area contributed by atoms with Gasteiger partial charge in [0, 0.05) is 6.92 Å². The number of rotatable bonds is 5. The fourth-order valence-corrected chi connectivity index (χ4v) is 2.72. The molecule has 1 heterocycles. The number of nitrogens with one attached hydrogen (secondary N) is 1. The maximum atomic E-state index is 11.4. The summed E-state index contributed by atoms with van der Waals surface area (Å²) >= 11 is 1.31. The molecule has 0 saturated heterocycles. The van der Waals surface area contributed by atoms with Crippen LogP contribution in [0.1, 0.15) is 48.6 Å². The Labute approximate surface area is 140 Å². The third kappa shape index (κ3) is 5.17. The minimum atomic E-state index is -0.214. The zero-order chi connectivity index (χ0) is 17.0. The summed E-state index contributed by atoms with van der Waals surface area (Å²) in [5.41, 5.74) is 4.31. The number of hydrazone groups is 1. The van der Waals surface area contributed by atoms with Gasteiger partial charge in [-0.3, -0.25) is 10.2 Å². The Morgan fingerprint density at radius 3 is 2.48 bits per heavy atom. The summed E-state index contributed by atoms with van der Waals surface area (Å²) in [5.74, 6) is 0.843. The third-order valence-electron chi connectivity index (χ3n) is 2.79. The smallest absolute Gasteiger partial charge is 0.204 e. The highest BCUT2D eigenvalue weighted by molar-refractivity contribution is 7.17. The second-order valence-corrected chi connectivity index (χ2v) is 7.14. The van der Waals surface area contributed by atoms with E-state index in [-0.39, 0.29) is 11.4 Å². The van der Waals surface area contributed by atoms with Gasteiger partial charge in [-0.25, -0.2) is 4.98 Å². The van der Waals surface area contributed by atoms with Crippen molar-refractivity contribution in [2.24, 2.45) is 5.10 Å². The van der Waals surface area contributed by atoms with Gasteiger partial charge < -0.3 is 4.74 Å². The number of Topliss-reactive ketones (excluding diaryl/α,β-unsaturated/α-hetero) is 1. The molecular formula is C17H21N3O2S. The molecule has 0 aliphatic carbocycles. The number of aromatic nitrogens is 1. The molecule has 2 rings (SSSR count). The number of thiazole rings is 1. The molecule has 0 fully saturated rings. The minimum Gasteiger partial charge on any atom is -0.488 e. The Balaban J connectivity index is 1.98. The molecule has 1 N–H and O–H groups in total. The van der Waals surface area contributed by atoms with E-state index in [9.17, 15) is 4.79 Å². The number of hydrogen-bond acceptors (Lipinski definition) is 6. The fraction of sp³-hybridized carbons (Fsp3) is 0.353. The highest BCUT2D eigenvalue weighted by Crippen LogP contribution is 2.23. The van der Waals surface area contributed by atoms with Gasteiger partial charge in [0.15, 0.2) is 5.78 Å². The first-order valence-corrected chi connectivity index (χ1v) is 8.13. The van der Waals surface area contributed by atoms with Crippen LogP contribution in [0.2, 0.25) is 0 Å². The summed E-state index contributed by atoms with van der Waals surface area (Å²) in [6.07, 6.45) is 1.70. The highest BCUT2D eigenvalue weighted by atomic mass is 32.1. The van der Waals surface area contributed by atoms with Gasteiger partial charge in [0.25, 0.3) is 0 Å². The molecule has 0 aliphatic heterocycles. The van der Waals surface area contributed by atoms with Crippen LogP contribution in [0.25, 0.3) is 0 Å². The Morgan fingerprint density at radius 2 is 1.96 bits per heavy atom. The molecule has 0 saturated carbocycles. The molecule has 0 unspecified atom stereocenters. The predicted molar refractivity (Wildman–Crippen MR) is 94.9 cm³/mol. The highest BCUT2D eigenvalue weighted by Gasteiger charge is 2.11. The molecule has 6 heteroatoms. The van der Waals surface area contributed by atoms with Crippen LogP contribution in [0.4, 0.5) is 5.13 Å². The average Bonchev–Trinajstić information content (AvgIpc) is 2.80. The van der Waals surface area contributed by atoms with Crippen molar-refractivity contribution in [3.05, 3.63) is 40.4 Å². The Bertz CT molecular complexity index is 712. The van der Waals surface area contributed by atoms with Crippen molar-refractivity contribution in [1.82, 2.24) is 4.98 Å². The van der Waals surface area contributed by atoms with Crippen LogP contribution in [0.3, 0.4) is 0 Å². The molecule has 0 aliphatic rings. The number of anilines is 1. The Hall–Kier alpha value is -2.21. The summed E-state index contributed by atoms with van der Waals surface area (Å²) in [7, 11) is 0. The first kappa shape index (κ1) is 17.1. The van der Waals surface area contributed by atoms with Crippen molar-refractivity contribution < 1.29 is 9.53 Å². The van der Waals surface area contributed by atoms with E-state index in [1.807, 2.05) is 52.0 Å². The summed E-state index contributed by atoms with van der Waals surface area (Å²) in [6.45, 7) is 9.39. The van der Waals surface area contributed by atoms with E-state index < -0.39 is 0 Å². The second kappa shape index (κ2) is 6.91. The number of benzene rings is 1. The van der Waals surface area contributed by atoms with Gasteiger partial charge in [-0.15, -0.1) is 0 Å². The number of ketones is 1. The Morgan fingerprint density at radius 1 is 1.30 bits per heavy atom. The largest absolute Gasteiger partial charge is 0.488 e. The maximum Gasteiger partial charge on any atom is 0.204 e. The molecule has 0 radical (unpaired) electrons. The van der Waals surface area contributed by atoms with Gasteiger partial charge in [-0.05, 0) is 57.5 Å². The maximum absolute atomic E-state index is 11.4. The molecule has 1 aromatic heterocycles. The monoisotopic (exact) mass is 331 g/mol. The minimum absolute atomic E-state index is 0.0199. The van der Waals surface area contributed by atoms with Crippen LogP contribution in [0, 0.1) is 6.92 Å². The van der Waals surface area contributed by atoms with Gasteiger partial charge in [0.05, 0.1) is 16.8 Å². The molecule has 5 nitrogen and oxygen atoms in total. The third-order valence-corrected chi connectivity index (χ3v) is 3.96. The molecule has 0 spiro atoms. The summed E-state index contributed by atoms with van der Waals surface area (Å²) in [6, 6.07) is 7.68. The molecule has 0 amide bonds. The van der Waals surface area contributed by atoms with Gasteiger partial charge >= 0.3 is 0 Å². The van der Waals surface area contributed by atoms with Crippen LogP contribution in [0.5, 0.6) is 5.75 Å². The van der Waals surface area contributed by atoms with Crippen molar-refractivity contribution >= 4 is 28.5 Å². The summed E-state index contributed by atoms with van der Waals surface area (Å²) in [4.78, 5) is 16.3. The topological polar surface area (TPSA) is 63.6 Å². The first-order valence-electron chi connectivity index (χ1n) is 7.31. The second-order valence-electron chi connectivity index (χ2n) is 6.14. The first-order chi connectivity index (χ1) is 10.7. The zero-order valence-corrected chi connectivity index (χ0v) is 14.8. The van der Waals surface area contributed by atoms with E-state index in [2.05, 4.69) is 15.5 Å². The summed E-state index contributed by atoms with van der Waals surface area (Å²) in [5, 5.41) is 4.76. The van der Waals surface area contributed by atoms with E-state index in [0.717, 1.165) is 17.0 Å². The molecule has 1 aromatic carbocycles. The van der Waals surface area contributed by atoms with Gasteiger partial charge in [-0.2, -0.15) is 5.10 Å². The lowest BCUT2D eigenvalue weighted by Crippen LogP contribution is -2.22. The van der Waals surface area contributed by atoms with E-state index in [0.29, 0.717) is 10.0 Å². The molecular weight excluding hydrogens is 310 g/mol. The number of nitrogens with zero attached hydrogens (tertiary/aromatic N) is 2. The Kier molecular flexibility index (Phi) is 5.15. The predicted octanol–water partition coefficient (Wildman–Crippen LogP) is 4.28. The quantitative estimate of drug-likeness (QED) is 0.505. The van der Waals surface area contributed by atoms with Crippen molar-refractivity contribution in [2.75, 3.05) is 5.43 Å². The SMILES string of the molecule is CC(=O)c1sc(N/N=C\c2ccc(OC(C)(C)C)cc2)nc1C. The standard InChI is InChI=1S/C17H21N3O2S/c1-11-15(12(2)21)23-16(19-11)20-18-10-13-6-8-14(9-7-13)22-17(3,4)5/h6-10H,1-5H3,(H,19,20)/b18-10-. The molecule has 2 aromatic rings. The van der Waals surface area contributed by atoms with E-state index >= 15 is 0 Å². The summed E-state index contributed by atoms with van der Waals surface area (Å²) < 4.78 is 5.77. The molecule has 0 atom stereocenters. The van der Waals surface area contributed by atoms with Crippen molar-refractivity contribution in [3.63, 3.8) is 0 Å². The van der Waals surface area contributed by atoms with Crippen LogP contribution in [-0.2, 0) is 0 Å². The molecule has 122 valence electrons. The number of aryl methyl sites for hydroxylation is 1. The lowest BCUT2D eigenvalue weighted by Gasteiger charge is -2.21. The van der Waals surface area contributed by atoms with Crippen molar-refractivity contribution in [3.8, 4) is 5.75 Å². The fourth-order valence-electron chi connectivity index (χ4n) is 1.91. The zero-order valence-electron chi connectivity index (χ0n) is 14.0.